The lowest BCUT2D eigenvalue weighted by molar-refractivity contribution is -0.142. The zero-order valence-electron chi connectivity index (χ0n) is 36.1. The highest BCUT2D eigenvalue weighted by atomic mass is 32.1. The van der Waals surface area contributed by atoms with Gasteiger partial charge in [0.15, 0.2) is 5.96 Å². The molecule has 0 aliphatic heterocycles. The number of rotatable bonds is 32. The SMILES string of the molecule is CC(NC(=O)C(N)CO)C(=O)NC(CO)C(=O)NC(C)C(=O)NC(CS)C(=O)NC(CCC(N)=O)C(=O)NC(CC(N)=O)C(=O)NC(CCC(N)=O)C(=O)NC(CCCN=C(N)N)C(=O)O. The van der Waals surface area contributed by atoms with Crippen LogP contribution in [0.2, 0.25) is 0 Å². The summed E-state index contributed by atoms with van der Waals surface area (Å²) >= 11 is 4.05. The second-order valence-electron chi connectivity index (χ2n) is 14.4. The van der Waals surface area contributed by atoms with Crippen LogP contribution in [-0.2, 0) is 57.5 Å². The molecule has 0 saturated carbocycles. The fourth-order valence-electron chi connectivity index (χ4n) is 5.20. The van der Waals surface area contributed by atoms with E-state index in [9.17, 15) is 67.7 Å². The Morgan fingerprint density at radius 1 is 0.500 bits per heavy atom. The normalized spacial score (nSPS) is 14.8. The predicted molar refractivity (Wildman–Crippen MR) is 231 cm³/mol. The Morgan fingerprint density at radius 2 is 0.894 bits per heavy atom. The van der Waals surface area contributed by atoms with Gasteiger partial charge in [0.25, 0.3) is 0 Å². The first-order valence-corrected chi connectivity index (χ1v) is 20.6. The Bertz CT molecular complexity index is 1800. The smallest absolute Gasteiger partial charge is 0.326 e. The number of nitrogens with two attached hydrogens (primary N) is 6. The van der Waals surface area contributed by atoms with E-state index in [1.807, 2.05) is 0 Å². The summed E-state index contributed by atoms with van der Waals surface area (Å²) in [7, 11) is 0. The van der Waals surface area contributed by atoms with E-state index >= 15 is 0 Å². The van der Waals surface area contributed by atoms with Crippen molar-refractivity contribution in [2.24, 2.45) is 39.4 Å². The molecule has 11 amide bonds. The van der Waals surface area contributed by atoms with Crippen LogP contribution in [-0.4, -0.2) is 172 Å². The van der Waals surface area contributed by atoms with E-state index in [1.165, 1.54) is 6.92 Å². The molecule has 0 aromatic carbocycles. The van der Waals surface area contributed by atoms with Gasteiger partial charge in [-0.25, -0.2) is 4.79 Å². The van der Waals surface area contributed by atoms with Crippen molar-refractivity contribution in [1.82, 2.24) is 42.5 Å². The van der Waals surface area contributed by atoms with Crippen LogP contribution in [0.5, 0.6) is 0 Å². The first-order chi connectivity index (χ1) is 30.8. The lowest BCUT2D eigenvalue weighted by atomic mass is 10.1. The molecule has 30 nitrogen and oxygen atoms in total. The maximum atomic E-state index is 13.6. The van der Waals surface area contributed by atoms with Gasteiger partial charge >= 0.3 is 5.97 Å². The van der Waals surface area contributed by atoms with Gasteiger partial charge in [-0.05, 0) is 39.5 Å². The number of nitrogens with one attached hydrogen (secondary N) is 8. The number of thiol groups is 1. The van der Waals surface area contributed by atoms with E-state index in [0.717, 1.165) is 6.92 Å². The number of carboxylic acid groups (broad SMARTS) is 1. The zero-order chi connectivity index (χ0) is 50.8. The van der Waals surface area contributed by atoms with E-state index in [-0.39, 0.29) is 25.3 Å². The van der Waals surface area contributed by atoms with Gasteiger partial charge in [-0.15, -0.1) is 0 Å². The van der Waals surface area contributed by atoms with E-state index in [0.29, 0.717) is 0 Å². The minimum Gasteiger partial charge on any atom is -0.480 e. The lowest BCUT2D eigenvalue weighted by Gasteiger charge is -2.26. The topological polar surface area (TPSA) is 530 Å². The molecule has 0 fully saturated rings. The van der Waals surface area contributed by atoms with Crippen LogP contribution in [0.3, 0.4) is 0 Å². The molecular formula is C35H61N15O15S. The molecule has 0 rings (SSSR count). The summed E-state index contributed by atoms with van der Waals surface area (Å²) in [4.78, 5) is 155. The summed E-state index contributed by atoms with van der Waals surface area (Å²) in [6.45, 7) is 0.701. The maximum absolute atomic E-state index is 13.6. The molecular weight excluding hydrogens is 903 g/mol. The first-order valence-electron chi connectivity index (χ1n) is 19.9. The van der Waals surface area contributed by atoms with Gasteiger partial charge in [-0.3, -0.25) is 57.7 Å². The molecule has 0 aromatic rings. The molecule has 0 aliphatic rings. The number of amides is 11. The quantitative estimate of drug-likeness (QED) is 0.0129. The van der Waals surface area contributed by atoms with Gasteiger partial charge in [0, 0.05) is 25.1 Å². The molecule has 0 heterocycles. The summed E-state index contributed by atoms with van der Waals surface area (Å²) in [5, 5.41) is 46.0. The van der Waals surface area contributed by atoms with Crippen molar-refractivity contribution in [2.45, 2.75) is 113 Å². The molecule has 9 unspecified atom stereocenters. The van der Waals surface area contributed by atoms with Gasteiger partial charge < -0.3 is 92.3 Å². The van der Waals surface area contributed by atoms with Crippen molar-refractivity contribution < 1.29 is 72.9 Å². The highest BCUT2D eigenvalue weighted by Crippen LogP contribution is 2.07. The number of carboxylic acids is 1. The van der Waals surface area contributed by atoms with Crippen molar-refractivity contribution >= 4 is 89.5 Å². The number of carbonyl (C=O) groups is 12. The molecule has 0 bridgehead atoms. The number of hydrogen-bond acceptors (Lipinski definition) is 17. The van der Waals surface area contributed by atoms with Crippen molar-refractivity contribution in [1.29, 1.82) is 0 Å². The fourth-order valence-corrected chi connectivity index (χ4v) is 5.46. The molecule has 9 atom stereocenters. The van der Waals surface area contributed by atoms with Gasteiger partial charge in [0.1, 0.15) is 54.4 Å². The van der Waals surface area contributed by atoms with Crippen molar-refractivity contribution in [3.05, 3.63) is 0 Å². The highest BCUT2D eigenvalue weighted by molar-refractivity contribution is 7.80. The average molecular weight is 964 g/mol. The molecule has 0 spiro atoms. The van der Waals surface area contributed by atoms with E-state index in [1.54, 1.807) is 0 Å². The van der Waals surface area contributed by atoms with Crippen molar-refractivity contribution in [3.8, 4) is 0 Å². The van der Waals surface area contributed by atoms with Crippen LogP contribution in [0.25, 0.3) is 0 Å². The number of hydrogen-bond donors (Lipinski definition) is 18. The Labute approximate surface area is 382 Å². The van der Waals surface area contributed by atoms with Crippen LogP contribution in [0.1, 0.15) is 58.8 Å². The molecule has 0 saturated heterocycles. The second kappa shape index (κ2) is 30.3. The highest BCUT2D eigenvalue weighted by Gasteiger charge is 2.34. The summed E-state index contributed by atoms with van der Waals surface area (Å²) in [5.41, 5.74) is 31.7. The van der Waals surface area contributed by atoms with Crippen molar-refractivity contribution in [2.75, 3.05) is 25.5 Å². The summed E-state index contributed by atoms with van der Waals surface area (Å²) in [6, 6.07) is -14.1. The van der Waals surface area contributed by atoms with Crippen LogP contribution in [0, 0.1) is 0 Å². The molecule has 372 valence electrons. The number of aliphatic imine (C=N–C) groups is 1. The van der Waals surface area contributed by atoms with Crippen LogP contribution in [0.15, 0.2) is 4.99 Å². The van der Waals surface area contributed by atoms with Crippen LogP contribution < -0.4 is 76.9 Å². The fraction of sp³-hybridized carbons (Fsp3) is 0.629. The minimum atomic E-state index is -1.90. The Hall–Kier alpha value is -6.86. The molecule has 31 heteroatoms. The lowest BCUT2D eigenvalue weighted by Crippen LogP contribution is -2.60. The third-order valence-corrected chi connectivity index (χ3v) is 9.26. The minimum absolute atomic E-state index is 0.00824. The summed E-state index contributed by atoms with van der Waals surface area (Å²) in [5.74, 6) is -13.8. The molecule has 66 heavy (non-hydrogen) atoms. The van der Waals surface area contributed by atoms with Crippen LogP contribution in [0.4, 0.5) is 0 Å². The maximum Gasteiger partial charge on any atom is 0.326 e. The Balaban J connectivity index is 6.11. The largest absolute Gasteiger partial charge is 0.480 e. The van der Waals surface area contributed by atoms with Gasteiger partial charge in [-0.2, -0.15) is 12.6 Å². The Kier molecular flexibility index (Phi) is 27.2. The van der Waals surface area contributed by atoms with Gasteiger partial charge in [0.05, 0.1) is 19.6 Å². The first kappa shape index (κ1) is 59.1. The zero-order valence-corrected chi connectivity index (χ0v) is 37.0. The molecule has 0 radical (unpaired) electrons. The molecule has 23 N–H and O–H groups in total. The van der Waals surface area contributed by atoms with Gasteiger partial charge in [-0.1, -0.05) is 0 Å². The standard InChI is InChI=1S/C35H61N15O15S/c1-14(43-28(58)16(36)11-51)26(56)49-21(12-52)32(62)44-15(2)27(57)50-22(13-66)33(63)46-18(6-8-24(38)54)30(60)48-20(10-25(39)55)31(61)45-17(5-7-23(37)53)29(59)47-19(34(64)65)4-3-9-42-35(40)41/h14-22,51-52,66H,3-13,36H2,1-2H3,(H2,37,53)(H2,38,54)(H2,39,55)(H,43,58)(H,44,62)(H,45,61)(H,46,63)(H,47,59)(H,48,60)(H,49,56)(H,50,57)(H,64,65)(H4,40,41,42). The molecule has 0 aromatic heterocycles. The number of nitrogens with zero attached hydrogens (tertiary/aromatic N) is 1. The molecule has 0 aliphatic carbocycles. The predicted octanol–water partition coefficient (Wildman–Crippen LogP) is -10.3. The number of carbonyl (C=O) groups excluding carboxylic acids is 11. The third kappa shape index (κ3) is 23.2. The Morgan fingerprint density at radius 3 is 1.30 bits per heavy atom. The van der Waals surface area contributed by atoms with E-state index < -0.39 is 176 Å². The number of aliphatic hydroxyl groups excluding tert-OH is 2. The van der Waals surface area contributed by atoms with Crippen LogP contribution >= 0.6 is 12.6 Å². The number of aliphatic carboxylic acids is 1. The van der Waals surface area contributed by atoms with Gasteiger partial charge in [0.2, 0.25) is 65.0 Å². The monoisotopic (exact) mass is 963 g/mol. The van der Waals surface area contributed by atoms with E-state index in [2.05, 4.69) is 60.2 Å². The summed E-state index contributed by atoms with van der Waals surface area (Å²) < 4.78 is 0. The van der Waals surface area contributed by atoms with Crippen molar-refractivity contribution in [3.63, 3.8) is 0 Å². The number of primary amides is 3. The number of guanidine groups is 1. The average Bonchev–Trinajstić information content (AvgIpc) is 3.23. The second-order valence-corrected chi connectivity index (χ2v) is 14.8. The third-order valence-electron chi connectivity index (χ3n) is 8.89. The summed E-state index contributed by atoms with van der Waals surface area (Å²) in [6.07, 6.45) is -3.06. The van der Waals surface area contributed by atoms with E-state index in [4.69, 9.17) is 39.5 Å². The number of aliphatic hydroxyl groups is 2.